The Hall–Kier alpha value is -1.05. The highest BCUT2D eigenvalue weighted by Crippen LogP contribution is 2.33. The molecular weight excluding hydrogens is 342 g/mol. The second-order valence-electron chi connectivity index (χ2n) is 3.73. The fourth-order valence-electron chi connectivity index (χ4n) is 1.31. The Morgan fingerprint density at radius 2 is 1.68 bits per heavy atom. The molecular formula is C11H7BrF6O. The fourth-order valence-corrected chi connectivity index (χ4v) is 1.77. The number of hydrogen-bond donors (Lipinski definition) is 0. The number of alkyl halides is 6. The maximum Gasteiger partial charge on any atom is 0.416 e. The Labute approximate surface area is 112 Å². The Morgan fingerprint density at radius 1 is 1.11 bits per heavy atom. The normalized spacial score (nSPS) is 12.6. The van der Waals surface area contributed by atoms with E-state index in [0.717, 1.165) is 12.1 Å². The summed E-state index contributed by atoms with van der Waals surface area (Å²) in [5.74, 6) is -0.990. The van der Waals surface area contributed by atoms with Crippen LogP contribution in [0.4, 0.5) is 26.3 Å². The first kappa shape index (κ1) is 16.0. The molecule has 0 aliphatic rings. The topological polar surface area (TPSA) is 17.1 Å². The summed E-state index contributed by atoms with van der Waals surface area (Å²) in [6.45, 7) is 0. The molecule has 0 heterocycles. The van der Waals surface area contributed by atoms with Gasteiger partial charge in [-0.05, 0) is 18.2 Å². The van der Waals surface area contributed by atoms with Crippen molar-refractivity contribution < 1.29 is 31.1 Å². The standard InChI is InChI=1S/C11H7BrF6O/c12-8-2-1-6(11(16,17)18)5-7(8)9(19)3-4-10(13,14)15/h1-2,5H,3-4H2. The van der Waals surface area contributed by atoms with Crippen molar-refractivity contribution in [2.24, 2.45) is 0 Å². The molecule has 0 saturated heterocycles. The molecule has 0 bridgehead atoms. The van der Waals surface area contributed by atoms with Crippen LogP contribution in [0.5, 0.6) is 0 Å². The minimum absolute atomic E-state index is 0.0349. The van der Waals surface area contributed by atoms with Gasteiger partial charge in [-0.25, -0.2) is 0 Å². The van der Waals surface area contributed by atoms with E-state index < -0.39 is 42.1 Å². The SMILES string of the molecule is O=C(CCC(F)(F)F)c1cc(C(F)(F)F)ccc1Br. The number of benzene rings is 1. The largest absolute Gasteiger partial charge is 0.416 e. The Kier molecular flexibility index (Phi) is 4.65. The van der Waals surface area contributed by atoms with Crippen molar-refractivity contribution in [2.45, 2.75) is 25.2 Å². The predicted octanol–water partition coefficient (Wildman–Crippen LogP) is 4.99. The number of ketones is 1. The van der Waals surface area contributed by atoms with E-state index in [1.807, 2.05) is 0 Å². The smallest absolute Gasteiger partial charge is 0.294 e. The van der Waals surface area contributed by atoms with E-state index >= 15 is 0 Å². The second-order valence-corrected chi connectivity index (χ2v) is 4.59. The first-order valence-electron chi connectivity index (χ1n) is 4.97. The molecule has 1 aromatic carbocycles. The van der Waals surface area contributed by atoms with Gasteiger partial charge >= 0.3 is 12.4 Å². The molecule has 19 heavy (non-hydrogen) atoms. The van der Waals surface area contributed by atoms with Crippen LogP contribution in [-0.4, -0.2) is 12.0 Å². The maximum atomic E-state index is 12.4. The summed E-state index contributed by atoms with van der Waals surface area (Å²) in [4.78, 5) is 11.5. The molecule has 0 spiro atoms. The van der Waals surface area contributed by atoms with Gasteiger partial charge in [0.05, 0.1) is 12.0 Å². The quantitative estimate of drug-likeness (QED) is 0.555. The summed E-state index contributed by atoms with van der Waals surface area (Å²) in [7, 11) is 0. The van der Waals surface area contributed by atoms with Crippen LogP contribution in [0.3, 0.4) is 0 Å². The van der Waals surface area contributed by atoms with Gasteiger partial charge in [0, 0.05) is 16.5 Å². The first-order chi connectivity index (χ1) is 8.50. The molecule has 0 saturated carbocycles. The van der Waals surface area contributed by atoms with Crippen LogP contribution in [0, 0.1) is 0 Å². The molecule has 0 aliphatic carbocycles. The molecule has 0 aromatic heterocycles. The molecule has 8 heteroatoms. The molecule has 0 radical (unpaired) electrons. The van der Waals surface area contributed by atoms with Crippen molar-refractivity contribution in [2.75, 3.05) is 0 Å². The fraction of sp³-hybridized carbons (Fsp3) is 0.364. The summed E-state index contributed by atoms with van der Waals surface area (Å²) in [5, 5.41) is 0. The van der Waals surface area contributed by atoms with Gasteiger partial charge in [-0.2, -0.15) is 26.3 Å². The van der Waals surface area contributed by atoms with Crippen LogP contribution < -0.4 is 0 Å². The Balaban J connectivity index is 2.97. The average Bonchev–Trinajstić information content (AvgIpc) is 2.24. The lowest BCUT2D eigenvalue weighted by molar-refractivity contribution is -0.137. The van der Waals surface area contributed by atoms with Gasteiger partial charge in [0.15, 0.2) is 5.78 Å². The molecule has 1 nitrogen and oxygen atoms in total. The average molecular weight is 349 g/mol. The molecule has 0 fully saturated rings. The minimum atomic E-state index is -4.65. The Bertz CT molecular complexity index is 477. The van der Waals surface area contributed by atoms with Gasteiger partial charge in [0.2, 0.25) is 0 Å². The minimum Gasteiger partial charge on any atom is -0.294 e. The van der Waals surface area contributed by atoms with E-state index in [9.17, 15) is 31.1 Å². The van der Waals surface area contributed by atoms with E-state index in [2.05, 4.69) is 15.9 Å². The third-order valence-electron chi connectivity index (χ3n) is 2.23. The van der Waals surface area contributed by atoms with Gasteiger partial charge in [0.1, 0.15) is 0 Å². The highest BCUT2D eigenvalue weighted by Gasteiger charge is 2.32. The summed E-state index contributed by atoms with van der Waals surface area (Å²) < 4.78 is 73.2. The zero-order valence-electron chi connectivity index (χ0n) is 9.20. The maximum absolute atomic E-state index is 12.4. The lowest BCUT2D eigenvalue weighted by atomic mass is 10.0. The number of rotatable bonds is 3. The van der Waals surface area contributed by atoms with Crippen molar-refractivity contribution in [1.82, 2.24) is 0 Å². The third kappa shape index (κ3) is 4.85. The van der Waals surface area contributed by atoms with E-state index in [1.165, 1.54) is 0 Å². The van der Waals surface area contributed by atoms with Gasteiger partial charge < -0.3 is 0 Å². The van der Waals surface area contributed by atoms with Gasteiger partial charge in [-0.3, -0.25) is 4.79 Å². The molecule has 0 atom stereocenters. The second kappa shape index (κ2) is 5.52. The zero-order valence-corrected chi connectivity index (χ0v) is 10.8. The van der Waals surface area contributed by atoms with Crippen LogP contribution in [0.25, 0.3) is 0 Å². The molecule has 1 aromatic rings. The van der Waals surface area contributed by atoms with Crippen LogP contribution in [0.2, 0.25) is 0 Å². The highest BCUT2D eigenvalue weighted by atomic mass is 79.9. The monoisotopic (exact) mass is 348 g/mol. The zero-order chi connectivity index (χ0) is 14.8. The lowest BCUT2D eigenvalue weighted by Gasteiger charge is -2.10. The summed E-state index contributed by atoms with van der Waals surface area (Å²) in [6.07, 6.45) is -11.4. The predicted molar refractivity (Wildman–Crippen MR) is 58.8 cm³/mol. The molecule has 0 unspecified atom stereocenters. The van der Waals surface area contributed by atoms with Gasteiger partial charge in [-0.1, -0.05) is 15.9 Å². The summed E-state index contributed by atoms with van der Waals surface area (Å²) in [5.41, 5.74) is -1.48. The van der Waals surface area contributed by atoms with E-state index in [1.54, 1.807) is 0 Å². The molecule has 0 aliphatic heterocycles. The molecule has 0 amide bonds. The van der Waals surface area contributed by atoms with Crippen LogP contribution in [0.1, 0.15) is 28.8 Å². The molecule has 106 valence electrons. The third-order valence-corrected chi connectivity index (χ3v) is 2.92. The van der Waals surface area contributed by atoms with Crippen molar-refractivity contribution in [3.05, 3.63) is 33.8 Å². The van der Waals surface area contributed by atoms with E-state index in [4.69, 9.17) is 0 Å². The number of hydrogen-bond acceptors (Lipinski definition) is 1. The first-order valence-corrected chi connectivity index (χ1v) is 5.77. The van der Waals surface area contributed by atoms with Gasteiger partial charge in [-0.15, -0.1) is 0 Å². The number of halogens is 7. The van der Waals surface area contributed by atoms with Crippen LogP contribution >= 0.6 is 15.9 Å². The van der Waals surface area contributed by atoms with Gasteiger partial charge in [0.25, 0.3) is 0 Å². The number of carbonyl (C=O) groups is 1. The molecule has 0 N–H and O–H groups in total. The Morgan fingerprint density at radius 3 is 2.16 bits per heavy atom. The van der Waals surface area contributed by atoms with Crippen molar-refractivity contribution >= 4 is 21.7 Å². The summed E-state index contributed by atoms with van der Waals surface area (Å²) >= 11 is 2.85. The lowest BCUT2D eigenvalue weighted by Crippen LogP contribution is -2.12. The highest BCUT2D eigenvalue weighted by molar-refractivity contribution is 9.10. The van der Waals surface area contributed by atoms with Crippen molar-refractivity contribution in [1.29, 1.82) is 0 Å². The van der Waals surface area contributed by atoms with Crippen molar-refractivity contribution in [3.63, 3.8) is 0 Å². The van der Waals surface area contributed by atoms with E-state index in [-0.39, 0.29) is 4.47 Å². The number of carbonyl (C=O) groups excluding carboxylic acids is 1. The number of Topliss-reactive ketones (excluding diaryl/α,β-unsaturated/α-hetero) is 1. The molecule has 1 rings (SSSR count). The van der Waals surface area contributed by atoms with E-state index in [0.29, 0.717) is 6.07 Å². The van der Waals surface area contributed by atoms with Crippen LogP contribution in [-0.2, 0) is 6.18 Å². The summed E-state index contributed by atoms with van der Waals surface area (Å²) in [6, 6.07) is 2.27. The van der Waals surface area contributed by atoms with Crippen molar-refractivity contribution in [3.8, 4) is 0 Å². The van der Waals surface area contributed by atoms with Crippen LogP contribution in [0.15, 0.2) is 22.7 Å².